The van der Waals surface area contributed by atoms with E-state index in [2.05, 4.69) is 28.6 Å². The number of hydrogen-bond acceptors (Lipinski definition) is 4. The number of nitrogens with zero attached hydrogens (tertiary/aromatic N) is 4. The third-order valence-corrected chi connectivity index (χ3v) is 4.27. The Hall–Kier alpha value is -2.21. The molecule has 24 heavy (non-hydrogen) atoms. The van der Waals surface area contributed by atoms with Crippen molar-refractivity contribution in [2.75, 3.05) is 13.2 Å². The Morgan fingerprint density at radius 3 is 2.62 bits per heavy atom. The predicted molar refractivity (Wildman–Crippen MR) is 90.3 cm³/mol. The minimum atomic E-state index is -0.560. The van der Waals surface area contributed by atoms with E-state index in [-0.39, 0.29) is 5.91 Å². The molecule has 6 nitrogen and oxygen atoms in total. The SMILES string of the molecule is CCO[C@H](C(=O)N1CCn2c(nnc2C(C)C)C1)c1ccccc1. The second-order valence-electron chi connectivity index (χ2n) is 6.29. The zero-order chi connectivity index (χ0) is 17.1. The molecule has 1 aliphatic rings. The number of carbonyl (C=O) groups excluding carboxylic acids is 1. The van der Waals surface area contributed by atoms with Gasteiger partial charge in [0.25, 0.3) is 5.91 Å². The second-order valence-corrected chi connectivity index (χ2v) is 6.29. The van der Waals surface area contributed by atoms with Gasteiger partial charge in [0.2, 0.25) is 0 Å². The topological polar surface area (TPSA) is 60.2 Å². The molecule has 0 unspecified atom stereocenters. The lowest BCUT2D eigenvalue weighted by atomic mass is 10.1. The maximum absolute atomic E-state index is 13.0. The first-order valence-corrected chi connectivity index (χ1v) is 8.49. The molecule has 0 N–H and O–H groups in total. The fourth-order valence-electron chi connectivity index (χ4n) is 3.07. The molecule has 0 bridgehead atoms. The average Bonchev–Trinajstić information content (AvgIpc) is 3.03. The molecule has 1 atom stereocenters. The highest BCUT2D eigenvalue weighted by atomic mass is 16.5. The number of ether oxygens (including phenoxy) is 1. The van der Waals surface area contributed by atoms with Crippen molar-refractivity contribution >= 4 is 5.91 Å². The largest absolute Gasteiger partial charge is 0.364 e. The molecule has 1 aromatic carbocycles. The number of amides is 1. The van der Waals surface area contributed by atoms with E-state index in [1.807, 2.05) is 42.2 Å². The summed E-state index contributed by atoms with van der Waals surface area (Å²) in [5, 5.41) is 8.54. The van der Waals surface area contributed by atoms with Gasteiger partial charge in [0.05, 0.1) is 6.54 Å². The highest BCUT2D eigenvalue weighted by Crippen LogP contribution is 2.24. The van der Waals surface area contributed by atoms with Gasteiger partial charge in [0, 0.05) is 25.6 Å². The Balaban J connectivity index is 1.79. The second kappa shape index (κ2) is 7.13. The van der Waals surface area contributed by atoms with Gasteiger partial charge in [0.15, 0.2) is 11.9 Å². The van der Waals surface area contributed by atoms with Crippen LogP contribution >= 0.6 is 0 Å². The van der Waals surface area contributed by atoms with Crippen molar-refractivity contribution in [2.45, 2.75) is 45.9 Å². The molecule has 0 spiro atoms. The third-order valence-electron chi connectivity index (χ3n) is 4.27. The Morgan fingerprint density at radius 1 is 1.21 bits per heavy atom. The first kappa shape index (κ1) is 16.6. The van der Waals surface area contributed by atoms with Crippen LogP contribution < -0.4 is 0 Å². The maximum Gasteiger partial charge on any atom is 0.256 e. The monoisotopic (exact) mass is 328 g/mol. The van der Waals surface area contributed by atoms with E-state index in [4.69, 9.17) is 4.74 Å². The Labute approximate surface area is 142 Å². The summed E-state index contributed by atoms with van der Waals surface area (Å²) in [5.74, 6) is 2.15. The first-order valence-electron chi connectivity index (χ1n) is 8.49. The summed E-state index contributed by atoms with van der Waals surface area (Å²) in [6, 6.07) is 9.66. The zero-order valence-electron chi connectivity index (χ0n) is 14.5. The fraction of sp³-hybridized carbons (Fsp3) is 0.500. The number of carbonyl (C=O) groups is 1. The number of rotatable bonds is 5. The Bertz CT molecular complexity index is 696. The van der Waals surface area contributed by atoms with E-state index in [0.29, 0.717) is 25.6 Å². The summed E-state index contributed by atoms with van der Waals surface area (Å²) in [6.45, 7) is 8.48. The molecule has 0 radical (unpaired) electrons. The Morgan fingerprint density at radius 2 is 1.96 bits per heavy atom. The van der Waals surface area contributed by atoms with Gasteiger partial charge in [-0.3, -0.25) is 4.79 Å². The summed E-state index contributed by atoms with van der Waals surface area (Å²) in [4.78, 5) is 14.8. The molecule has 0 aliphatic carbocycles. The van der Waals surface area contributed by atoms with Crippen molar-refractivity contribution in [1.29, 1.82) is 0 Å². The Kier molecular flexibility index (Phi) is 4.94. The molecular weight excluding hydrogens is 304 g/mol. The third kappa shape index (κ3) is 3.19. The minimum Gasteiger partial charge on any atom is -0.364 e. The lowest BCUT2D eigenvalue weighted by Gasteiger charge is -2.31. The number of benzene rings is 1. The van der Waals surface area contributed by atoms with E-state index in [1.54, 1.807) is 0 Å². The van der Waals surface area contributed by atoms with Crippen LogP contribution in [-0.4, -0.2) is 38.7 Å². The van der Waals surface area contributed by atoms with Gasteiger partial charge >= 0.3 is 0 Å². The normalized spacial score (nSPS) is 15.4. The van der Waals surface area contributed by atoms with Crippen LogP contribution in [0.5, 0.6) is 0 Å². The van der Waals surface area contributed by atoms with Crippen molar-refractivity contribution in [1.82, 2.24) is 19.7 Å². The van der Waals surface area contributed by atoms with Crippen LogP contribution in [0.1, 0.15) is 50.0 Å². The first-order chi connectivity index (χ1) is 11.6. The summed E-state index contributed by atoms with van der Waals surface area (Å²) < 4.78 is 7.87. The van der Waals surface area contributed by atoms with Crippen molar-refractivity contribution in [3.05, 3.63) is 47.5 Å². The van der Waals surface area contributed by atoms with Gasteiger partial charge in [-0.25, -0.2) is 0 Å². The molecule has 128 valence electrons. The fourth-order valence-corrected chi connectivity index (χ4v) is 3.07. The molecule has 0 fully saturated rings. The van der Waals surface area contributed by atoms with Crippen LogP contribution in [0.4, 0.5) is 0 Å². The van der Waals surface area contributed by atoms with E-state index in [9.17, 15) is 4.79 Å². The van der Waals surface area contributed by atoms with Crippen molar-refractivity contribution in [2.24, 2.45) is 0 Å². The van der Waals surface area contributed by atoms with Gasteiger partial charge in [-0.05, 0) is 12.5 Å². The van der Waals surface area contributed by atoms with E-state index in [0.717, 1.165) is 23.8 Å². The van der Waals surface area contributed by atoms with E-state index >= 15 is 0 Å². The maximum atomic E-state index is 13.0. The van der Waals surface area contributed by atoms with Crippen LogP contribution in [-0.2, 0) is 22.6 Å². The summed E-state index contributed by atoms with van der Waals surface area (Å²) in [7, 11) is 0. The predicted octanol–water partition coefficient (Wildman–Crippen LogP) is 2.52. The average molecular weight is 328 g/mol. The van der Waals surface area contributed by atoms with Crippen LogP contribution in [0.25, 0.3) is 0 Å². The molecule has 1 aromatic heterocycles. The van der Waals surface area contributed by atoms with E-state index < -0.39 is 6.10 Å². The lowest BCUT2D eigenvalue weighted by Crippen LogP contribution is -2.42. The number of fused-ring (bicyclic) bond motifs is 1. The number of hydrogen-bond donors (Lipinski definition) is 0. The van der Waals surface area contributed by atoms with Crippen LogP contribution in [0.3, 0.4) is 0 Å². The molecule has 6 heteroatoms. The number of aromatic nitrogens is 3. The van der Waals surface area contributed by atoms with Crippen LogP contribution in [0, 0.1) is 0 Å². The summed E-state index contributed by atoms with van der Waals surface area (Å²) in [5.41, 5.74) is 0.888. The lowest BCUT2D eigenvalue weighted by molar-refractivity contribution is -0.145. The summed E-state index contributed by atoms with van der Waals surface area (Å²) >= 11 is 0. The summed E-state index contributed by atoms with van der Waals surface area (Å²) in [6.07, 6.45) is -0.560. The molecule has 0 saturated heterocycles. The van der Waals surface area contributed by atoms with E-state index in [1.165, 1.54) is 0 Å². The standard InChI is InChI=1S/C18H24N4O2/c1-4-24-16(14-8-6-5-7-9-14)18(23)21-10-11-22-15(12-21)19-20-17(22)13(2)3/h5-9,13,16H,4,10-12H2,1-3H3/t16-/m0/s1. The van der Waals surface area contributed by atoms with Crippen LogP contribution in [0.15, 0.2) is 30.3 Å². The molecule has 2 heterocycles. The molecule has 1 amide bonds. The van der Waals surface area contributed by atoms with Gasteiger partial charge in [-0.1, -0.05) is 44.2 Å². The van der Waals surface area contributed by atoms with Gasteiger partial charge in [-0.15, -0.1) is 10.2 Å². The quantitative estimate of drug-likeness (QED) is 0.846. The highest BCUT2D eigenvalue weighted by Gasteiger charge is 2.31. The highest BCUT2D eigenvalue weighted by molar-refractivity contribution is 5.82. The smallest absolute Gasteiger partial charge is 0.256 e. The van der Waals surface area contributed by atoms with Gasteiger partial charge < -0.3 is 14.2 Å². The van der Waals surface area contributed by atoms with Gasteiger partial charge in [-0.2, -0.15) is 0 Å². The minimum absolute atomic E-state index is 0.0107. The van der Waals surface area contributed by atoms with Crippen molar-refractivity contribution in [3.8, 4) is 0 Å². The van der Waals surface area contributed by atoms with Crippen molar-refractivity contribution < 1.29 is 9.53 Å². The van der Waals surface area contributed by atoms with Gasteiger partial charge in [0.1, 0.15) is 5.82 Å². The molecular formula is C18H24N4O2. The molecule has 1 aliphatic heterocycles. The van der Waals surface area contributed by atoms with Crippen molar-refractivity contribution in [3.63, 3.8) is 0 Å². The molecule has 3 rings (SSSR count). The van der Waals surface area contributed by atoms with Crippen LogP contribution in [0.2, 0.25) is 0 Å². The zero-order valence-corrected chi connectivity index (χ0v) is 14.5. The molecule has 0 saturated carbocycles. The molecule has 2 aromatic rings.